The van der Waals surface area contributed by atoms with E-state index in [1.807, 2.05) is 6.92 Å². The van der Waals surface area contributed by atoms with Crippen LogP contribution in [-0.4, -0.2) is 23.3 Å². The van der Waals surface area contributed by atoms with Crippen molar-refractivity contribution in [2.24, 2.45) is 0 Å². The van der Waals surface area contributed by atoms with Gasteiger partial charge in [0.2, 0.25) is 0 Å². The van der Waals surface area contributed by atoms with Crippen molar-refractivity contribution in [2.75, 3.05) is 7.11 Å². The zero-order valence-electron chi connectivity index (χ0n) is 14.8. The molecule has 0 atom stereocenters. The van der Waals surface area contributed by atoms with Crippen LogP contribution in [0.1, 0.15) is 40.4 Å². The molecular weight excluding hydrogens is 335 g/mol. The number of carbonyl (C=O) groups is 1. The molecular formula is C21H21FO4. The molecule has 0 aliphatic rings. The van der Waals surface area contributed by atoms with Gasteiger partial charge in [0.05, 0.1) is 7.11 Å². The Morgan fingerprint density at radius 3 is 2.62 bits per heavy atom. The van der Waals surface area contributed by atoms with Gasteiger partial charge in [-0.3, -0.25) is 0 Å². The Morgan fingerprint density at radius 1 is 1.31 bits per heavy atom. The van der Waals surface area contributed by atoms with E-state index in [1.54, 1.807) is 24.3 Å². The Hall–Kier alpha value is -3.08. The number of ether oxygens (including phenoxy) is 1. The molecule has 2 aromatic rings. The number of rotatable bonds is 7. The molecule has 0 amide bonds. The van der Waals surface area contributed by atoms with E-state index in [2.05, 4.69) is 6.58 Å². The first-order valence-electron chi connectivity index (χ1n) is 8.07. The number of hydrogen-bond acceptors (Lipinski definition) is 3. The van der Waals surface area contributed by atoms with E-state index in [1.165, 1.54) is 25.3 Å². The van der Waals surface area contributed by atoms with Gasteiger partial charge in [-0.25, -0.2) is 9.18 Å². The molecule has 2 aromatic carbocycles. The summed E-state index contributed by atoms with van der Waals surface area (Å²) in [4.78, 5) is 11.7. The Morgan fingerprint density at radius 2 is 2.04 bits per heavy atom. The monoisotopic (exact) mass is 356 g/mol. The number of methoxy groups -OCH3 is 1. The van der Waals surface area contributed by atoms with E-state index in [4.69, 9.17) is 4.74 Å². The summed E-state index contributed by atoms with van der Waals surface area (Å²) in [6.07, 6.45) is 4.11. The highest BCUT2D eigenvalue weighted by Gasteiger charge is 2.21. The van der Waals surface area contributed by atoms with E-state index < -0.39 is 5.97 Å². The summed E-state index contributed by atoms with van der Waals surface area (Å²) in [7, 11) is 1.46. The van der Waals surface area contributed by atoms with Crippen LogP contribution >= 0.6 is 0 Å². The number of benzene rings is 2. The Kier molecular flexibility index (Phi) is 6.17. The van der Waals surface area contributed by atoms with Crippen molar-refractivity contribution in [3.63, 3.8) is 0 Å². The van der Waals surface area contributed by atoms with Crippen molar-refractivity contribution in [3.8, 4) is 11.5 Å². The lowest BCUT2D eigenvalue weighted by Gasteiger charge is -2.15. The normalized spacial score (nSPS) is 10.9. The van der Waals surface area contributed by atoms with Gasteiger partial charge in [0, 0.05) is 5.56 Å². The van der Waals surface area contributed by atoms with Gasteiger partial charge in [0.25, 0.3) is 0 Å². The van der Waals surface area contributed by atoms with E-state index >= 15 is 0 Å². The quantitative estimate of drug-likeness (QED) is 0.546. The zero-order valence-corrected chi connectivity index (χ0v) is 14.8. The van der Waals surface area contributed by atoms with E-state index in [0.29, 0.717) is 29.7 Å². The summed E-state index contributed by atoms with van der Waals surface area (Å²) in [5, 5.41) is 20.1. The fourth-order valence-electron chi connectivity index (χ4n) is 2.62. The standard InChI is InChI=1S/C21H21FO4/c1-13(2)7-10-17-18(26-3)12-15(19(20(17)23)21(24)25)9-8-14-5-4-6-16(22)11-14/h4-6,8-9,11-12,23H,1,7,10H2,2-3H3,(H,24,25)/b9-8+. The lowest BCUT2D eigenvalue weighted by molar-refractivity contribution is 0.0693. The van der Waals surface area contributed by atoms with Crippen LogP contribution in [0.2, 0.25) is 0 Å². The van der Waals surface area contributed by atoms with Gasteiger partial charge in [0.15, 0.2) is 0 Å². The zero-order chi connectivity index (χ0) is 19.3. The van der Waals surface area contributed by atoms with Crippen molar-refractivity contribution < 1.29 is 24.1 Å². The number of carboxylic acids is 1. The van der Waals surface area contributed by atoms with Crippen molar-refractivity contribution in [1.29, 1.82) is 0 Å². The van der Waals surface area contributed by atoms with Gasteiger partial charge >= 0.3 is 5.97 Å². The number of hydrogen-bond donors (Lipinski definition) is 2. The second-order valence-corrected chi connectivity index (χ2v) is 6.02. The van der Waals surface area contributed by atoms with Crippen molar-refractivity contribution in [3.05, 3.63) is 70.6 Å². The Bertz CT molecular complexity index is 869. The third kappa shape index (κ3) is 4.51. The van der Waals surface area contributed by atoms with Crippen molar-refractivity contribution >= 4 is 18.1 Å². The topological polar surface area (TPSA) is 66.8 Å². The number of halogens is 1. The van der Waals surface area contributed by atoms with Crippen LogP contribution in [0, 0.1) is 5.82 Å². The number of phenols is 1. The second kappa shape index (κ2) is 8.34. The van der Waals surface area contributed by atoms with E-state index in [0.717, 1.165) is 5.57 Å². The third-order valence-corrected chi connectivity index (χ3v) is 3.93. The Labute approximate surface area is 151 Å². The van der Waals surface area contributed by atoms with Crippen LogP contribution in [0.25, 0.3) is 12.2 Å². The first kappa shape index (κ1) is 19.2. The molecule has 26 heavy (non-hydrogen) atoms. The smallest absolute Gasteiger partial charge is 0.340 e. The molecule has 4 nitrogen and oxygen atoms in total. The predicted molar refractivity (Wildman–Crippen MR) is 100 cm³/mol. The number of carboxylic acid groups (broad SMARTS) is 1. The van der Waals surface area contributed by atoms with Crippen LogP contribution in [0.4, 0.5) is 4.39 Å². The first-order valence-corrected chi connectivity index (χ1v) is 8.07. The maximum Gasteiger partial charge on any atom is 0.340 e. The molecule has 5 heteroatoms. The summed E-state index contributed by atoms with van der Waals surface area (Å²) in [5.74, 6) is -1.56. The highest BCUT2D eigenvalue weighted by Crippen LogP contribution is 2.36. The van der Waals surface area contributed by atoms with Crippen LogP contribution in [0.15, 0.2) is 42.5 Å². The van der Waals surface area contributed by atoms with Gasteiger partial charge in [-0.15, -0.1) is 6.58 Å². The average molecular weight is 356 g/mol. The molecule has 2 rings (SSSR count). The van der Waals surface area contributed by atoms with E-state index in [-0.39, 0.29) is 22.7 Å². The molecule has 0 radical (unpaired) electrons. The molecule has 0 aliphatic carbocycles. The summed E-state index contributed by atoms with van der Waals surface area (Å²) in [6.45, 7) is 5.68. The minimum absolute atomic E-state index is 0.213. The van der Waals surface area contributed by atoms with Gasteiger partial charge in [-0.05, 0) is 49.1 Å². The van der Waals surface area contributed by atoms with Crippen LogP contribution in [-0.2, 0) is 6.42 Å². The minimum Gasteiger partial charge on any atom is -0.507 e. The largest absolute Gasteiger partial charge is 0.507 e. The fourth-order valence-corrected chi connectivity index (χ4v) is 2.62. The molecule has 0 unspecified atom stereocenters. The fraction of sp³-hybridized carbons (Fsp3) is 0.190. The van der Waals surface area contributed by atoms with Gasteiger partial charge < -0.3 is 14.9 Å². The molecule has 0 spiro atoms. The SMILES string of the molecule is C=C(C)CCc1c(OC)cc(/C=C/c2cccc(F)c2)c(C(=O)O)c1O. The molecule has 2 N–H and O–H groups in total. The van der Waals surface area contributed by atoms with Crippen LogP contribution in [0.5, 0.6) is 11.5 Å². The molecule has 0 bridgehead atoms. The van der Waals surface area contributed by atoms with Gasteiger partial charge in [-0.2, -0.15) is 0 Å². The first-order chi connectivity index (χ1) is 12.3. The number of aromatic carboxylic acids is 1. The van der Waals surface area contributed by atoms with Gasteiger partial charge in [0.1, 0.15) is 22.9 Å². The predicted octanol–water partition coefficient (Wildman–Crippen LogP) is 4.92. The van der Waals surface area contributed by atoms with Crippen LogP contribution < -0.4 is 4.74 Å². The summed E-state index contributed by atoms with van der Waals surface area (Å²) in [6, 6.07) is 7.47. The van der Waals surface area contributed by atoms with Crippen molar-refractivity contribution in [2.45, 2.75) is 19.8 Å². The summed E-state index contributed by atoms with van der Waals surface area (Å²) >= 11 is 0. The van der Waals surface area contributed by atoms with Crippen molar-refractivity contribution in [1.82, 2.24) is 0 Å². The van der Waals surface area contributed by atoms with Crippen LogP contribution in [0.3, 0.4) is 0 Å². The maximum absolute atomic E-state index is 13.3. The third-order valence-electron chi connectivity index (χ3n) is 3.93. The number of aromatic hydroxyl groups is 1. The Balaban J connectivity index is 2.53. The summed E-state index contributed by atoms with van der Waals surface area (Å²) in [5.41, 5.74) is 1.98. The highest BCUT2D eigenvalue weighted by atomic mass is 19.1. The molecule has 0 aromatic heterocycles. The van der Waals surface area contributed by atoms with E-state index in [9.17, 15) is 19.4 Å². The molecule has 0 heterocycles. The maximum atomic E-state index is 13.3. The average Bonchev–Trinajstić information content (AvgIpc) is 2.57. The lowest BCUT2D eigenvalue weighted by Crippen LogP contribution is -2.05. The number of allylic oxidation sites excluding steroid dienone is 1. The summed E-state index contributed by atoms with van der Waals surface area (Å²) < 4.78 is 18.6. The van der Waals surface area contributed by atoms with Gasteiger partial charge in [-0.1, -0.05) is 29.9 Å². The molecule has 0 saturated carbocycles. The minimum atomic E-state index is -1.25. The highest BCUT2D eigenvalue weighted by molar-refractivity contribution is 5.97. The molecule has 0 fully saturated rings. The molecule has 0 saturated heterocycles. The second-order valence-electron chi connectivity index (χ2n) is 6.02. The lowest BCUT2D eigenvalue weighted by atomic mass is 9.96. The molecule has 0 aliphatic heterocycles. The molecule has 136 valence electrons.